The molecule has 0 radical (unpaired) electrons. The second-order valence-electron chi connectivity index (χ2n) is 5.84. The Morgan fingerprint density at radius 2 is 2.00 bits per heavy atom. The Balaban J connectivity index is 1.83. The maximum absolute atomic E-state index is 12.1. The molecule has 1 saturated heterocycles. The quantitative estimate of drug-likeness (QED) is 0.751. The van der Waals surface area contributed by atoms with Crippen LogP contribution in [-0.4, -0.2) is 24.0 Å². The Morgan fingerprint density at radius 1 is 1.31 bits per heavy atom. The number of piperidine rings is 1. The summed E-state index contributed by atoms with van der Waals surface area (Å²) in [4.78, 5) is 12.1. The molecule has 1 heterocycles. The van der Waals surface area contributed by atoms with Crippen LogP contribution in [0, 0.1) is 5.92 Å². The van der Waals surface area contributed by atoms with E-state index >= 15 is 0 Å². The Hall–Kier alpha value is -0.570. The van der Waals surface area contributed by atoms with E-state index in [2.05, 4.69) is 24.5 Å². The fourth-order valence-corrected chi connectivity index (χ4v) is 2.90. The maximum Gasteiger partial charge on any atom is 0.224 e. The van der Waals surface area contributed by atoms with Crippen LogP contribution in [0.1, 0.15) is 52.4 Å². The van der Waals surface area contributed by atoms with E-state index in [1.165, 1.54) is 12.8 Å². The van der Waals surface area contributed by atoms with Crippen molar-refractivity contribution < 1.29 is 4.79 Å². The van der Waals surface area contributed by atoms with Crippen LogP contribution in [0.5, 0.6) is 0 Å². The van der Waals surface area contributed by atoms with Gasteiger partial charge < -0.3 is 10.6 Å². The van der Waals surface area contributed by atoms with Crippen molar-refractivity contribution in [3.05, 3.63) is 0 Å². The van der Waals surface area contributed by atoms with Crippen LogP contribution >= 0.6 is 0 Å². The molecule has 1 amide bonds. The van der Waals surface area contributed by atoms with Gasteiger partial charge in [-0.05, 0) is 39.5 Å². The minimum Gasteiger partial charge on any atom is -0.351 e. The molecule has 0 bridgehead atoms. The van der Waals surface area contributed by atoms with Crippen LogP contribution in [0.15, 0.2) is 0 Å². The first-order valence-corrected chi connectivity index (χ1v) is 6.64. The van der Waals surface area contributed by atoms with Gasteiger partial charge in [0.05, 0.1) is 5.92 Å². The van der Waals surface area contributed by atoms with Gasteiger partial charge in [0, 0.05) is 18.1 Å². The molecule has 0 aromatic heterocycles. The van der Waals surface area contributed by atoms with Crippen molar-refractivity contribution in [1.82, 2.24) is 10.6 Å². The lowest BCUT2D eigenvalue weighted by Gasteiger charge is -2.31. The van der Waals surface area contributed by atoms with Crippen molar-refractivity contribution in [2.24, 2.45) is 5.92 Å². The average Bonchev–Trinajstić information content (AvgIpc) is 2.65. The molecule has 2 rings (SSSR count). The smallest absolute Gasteiger partial charge is 0.224 e. The molecule has 2 fully saturated rings. The average molecular weight is 224 g/mol. The second-order valence-corrected chi connectivity index (χ2v) is 5.84. The lowest BCUT2D eigenvalue weighted by atomic mass is 9.92. The normalized spacial score (nSPS) is 33.6. The second kappa shape index (κ2) is 4.74. The molecule has 2 N–H and O–H groups in total. The van der Waals surface area contributed by atoms with Crippen molar-refractivity contribution >= 4 is 5.91 Å². The van der Waals surface area contributed by atoms with Gasteiger partial charge in [-0.1, -0.05) is 12.8 Å². The highest BCUT2D eigenvalue weighted by molar-refractivity contribution is 5.79. The van der Waals surface area contributed by atoms with Crippen LogP contribution in [0.3, 0.4) is 0 Å². The number of amides is 1. The summed E-state index contributed by atoms with van der Waals surface area (Å²) < 4.78 is 0. The molecule has 92 valence electrons. The fourth-order valence-electron chi connectivity index (χ4n) is 2.90. The Kier molecular flexibility index (Phi) is 3.53. The van der Waals surface area contributed by atoms with Gasteiger partial charge in [-0.15, -0.1) is 0 Å². The third-order valence-electron chi connectivity index (χ3n) is 4.16. The lowest BCUT2D eigenvalue weighted by Crippen LogP contribution is -2.50. The third-order valence-corrected chi connectivity index (χ3v) is 4.16. The van der Waals surface area contributed by atoms with Crippen LogP contribution in [-0.2, 0) is 4.79 Å². The first-order chi connectivity index (χ1) is 7.59. The van der Waals surface area contributed by atoms with Crippen molar-refractivity contribution in [2.45, 2.75) is 64.0 Å². The highest BCUT2D eigenvalue weighted by atomic mass is 16.2. The summed E-state index contributed by atoms with van der Waals surface area (Å²) >= 11 is 0. The van der Waals surface area contributed by atoms with Gasteiger partial charge in [0.25, 0.3) is 0 Å². The monoisotopic (exact) mass is 224 g/mol. The molecular formula is C13H24N2O. The third kappa shape index (κ3) is 2.76. The number of carbonyl (C=O) groups is 1. The first kappa shape index (κ1) is 11.9. The zero-order valence-corrected chi connectivity index (χ0v) is 10.5. The topological polar surface area (TPSA) is 41.1 Å². The van der Waals surface area contributed by atoms with Crippen LogP contribution in [0.25, 0.3) is 0 Å². The lowest BCUT2D eigenvalue weighted by molar-refractivity contribution is -0.127. The Bertz CT molecular complexity index is 251. The molecule has 0 aromatic carbocycles. The Morgan fingerprint density at radius 3 is 2.56 bits per heavy atom. The molecule has 1 aliphatic heterocycles. The number of carbonyl (C=O) groups excluding carboxylic acids is 1. The molecule has 1 saturated carbocycles. The maximum atomic E-state index is 12.1. The largest absolute Gasteiger partial charge is 0.351 e. The van der Waals surface area contributed by atoms with E-state index in [1.807, 2.05) is 0 Å². The standard InChI is InChI=1S/C13H24N2O/c1-10-5-6-11(9-14-10)12(16)15-13(2)7-3-4-8-13/h10-11,14H,3-9H2,1-2H3,(H,15,16). The van der Waals surface area contributed by atoms with Crippen LogP contribution < -0.4 is 10.6 Å². The van der Waals surface area contributed by atoms with Gasteiger partial charge >= 0.3 is 0 Å². The summed E-state index contributed by atoms with van der Waals surface area (Å²) in [7, 11) is 0. The zero-order valence-electron chi connectivity index (χ0n) is 10.5. The van der Waals surface area contributed by atoms with Gasteiger partial charge in [0.15, 0.2) is 0 Å². The number of rotatable bonds is 2. The minimum absolute atomic E-state index is 0.0835. The van der Waals surface area contributed by atoms with Gasteiger partial charge in [-0.2, -0.15) is 0 Å². The molecule has 0 spiro atoms. The number of nitrogens with one attached hydrogen (secondary N) is 2. The van der Waals surface area contributed by atoms with E-state index in [0.29, 0.717) is 6.04 Å². The van der Waals surface area contributed by atoms with Gasteiger partial charge in [-0.3, -0.25) is 4.79 Å². The molecular weight excluding hydrogens is 200 g/mol. The van der Waals surface area contributed by atoms with E-state index in [0.717, 1.165) is 32.2 Å². The zero-order chi connectivity index (χ0) is 11.6. The molecule has 3 nitrogen and oxygen atoms in total. The predicted molar refractivity (Wildman–Crippen MR) is 65.2 cm³/mol. The fraction of sp³-hybridized carbons (Fsp3) is 0.923. The van der Waals surface area contributed by atoms with E-state index in [9.17, 15) is 4.79 Å². The van der Waals surface area contributed by atoms with Crippen LogP contribution in [0.2, 0.25) is 0 Å². The van der Waals surface area contributed by atoms with Gasteiger partial charge in [0.1, 0.15) is 0 Å². The summed E-state index contributed by atoms with van der Waals surface area (Å²) in [6.07, 6.45) is 6.98. The summed E-state index contributed by atoms with van der Waals surface area (Å²) in [6, 6.07) is 0.575. The summed E-state index contributed by atoms with van der Waals surface area (Å²) in [5.41, 5.74) is 0.0835. The molecule has 2 atom stereocenters. The number of hydrogen-bond donors (Lipinski definition) is 2. The van der Waals surface area contributed by atoms with Crippen molar-refractivity contribution in [3.8, 4) is 0 Å². The van der Waals surface area contributed by atoms with E-state index in [1.54, 1.807) is 0 Å². The molecule has 1 aliphatic carbocycles. The highest BCUT2D eigenvalue weighted by Gasteiger charge is 2.33. The highest BCUT2D eigenvalue weighted by Crippen LogP contribution is 2.29. The van der Waals surface area contributed by atoms with Crippen molar-refractivity contribution in [1.29, 1.82) is 0 Å². The van der Waals surface area contributed by atoms with E-state index < -0.39 is 0 Å². The molecule has 2 unspecified atom stereocenters. The Labute approximate surface area is 98.4 Å². The van der Waals surface area contributed by atoms with Crippen molar-refractivity contribution in [3.63, 3.8) is 0 Å². The molecule has 0 aromatic rings. The van der Waals surface area contributed by atoms with Crippen LogP contribution in [0.4, 0.5) is 0 Å². The summed E-state index contributed by atoms with van der Waals surface area (Å²) in [5, 5.41) is 6.65. The molecule has 2 aliphatic rings. The van der Waals surface area contributed by atoms with E-state index in [4.69, 9.17) is 0 Å². The van der Waals surface area contributed by atoms with E-state index in [-0.39, 0.29) is 17.4 Å². The molecule has 3 heteroatoms. The summed E-state index contributed by atoms with van der Waals surface area (Å²) in [6.45, 7) is 5.23. The molecule has 16 heavy (non-hydrogen) atoms. The summed E-state index contributed by atoms with van der Waals surface area (Å²) in [5.74, 6) is 0.456. The van der Waals surface area contributed by atoms with Gasteiger partial charge in [-0.25, -0.2) is 0 Å². The van der Waals surface area contributed by atoms with Crippen molar-refractivity contribution in [2.75, 3.05) is 6.54 Å². The van der Waals surface area contributed by atoms with Gasteiger partial charge in [0.2, 0.25) is 5.91 Å². The number of hydrogen-bond acceptors (Lipinski definition) is 2. The minimum atomic E-state index is 0.0835. The first-order valence-electron chi connectivity index (χ1n) is 6.64. The predicted octanol–water partition coefficient (Wildman–Crippen LogP) is 1.82. The SMILES string of the molecule is CC1CCC(C(=O)NC2(C)CCCC2)CN1.